The lowest BCUT2D eigenvalue weighted by atomic mass is 9.99. The molecule has 1 saturated heterocycles. The van der Waals surface area contributed by atoms with Crippen molar-refractivity contribution in [3.63, 3.8) is 0 Å². The lowest BCUT2D eigenvalue weighted by Crippen LogP contribution is -2.43. The number of nitrogens with zero attached hydrogens (tertiary/aromatic N) is 1. The SMILES string of the molecule is NC(CN1CCOc2ccccc2C1)C1CCOC1. The molecule has 0 saturated carbocycles. The van der Waals surface area contributed by atoms with E-state index < -0.39 is 0 Å². The molecule has 0 aromatic heterocycles. The number of nitrogens with two attached hydrogens (primary N) is 1. The molecule has 2 aliphatic heterocycles. The van der Waals surface area contributed by atoms with Gasteiger partial charge in [-0.15, -0.1) is 0 Å². The van der Waals surface area contributed by atoms with Crippen LogP contribution in [0.1, 0.15) is 12.0 Å². The lowest BCUT2D eigenvalue weighted by molar-refractivity contribution is 0.164. The number of rotatable bonds is 3. The summed E-state index contributed by atoms with van der Waals surface area (Å²) in [6.07, 6.45) is 1.10. The van der Waals surface area contributed by atoms with E-state index in [9.17, 15) is 0 Å². The molecule has 4 heteroatoms. The number of hydrogen-bond acceptors (Lipinski definition) is 4. The summed E-state index contributed by atoms with van der Waals surface area (Å²) in [6.45, 7) is 5.22. The quantitative estimate of drug-likeness (QED) is 0.890. The summed E-state index contributed by atoms with van der Waals surface area (Å²) in [5, 5.41) is 0. The first-order valence-corrected chi connectivity index (χ1v) is 7.09. The molecule has 4 nitrogen and oxygen atoms in total. The number of ether oxygens (including phenoxy) is 2. The number of fused-ring (bicyclic) bond motifs is 1. The summed E-state index contributed by atoms with van der Waals surface area (Å²) in [4.78, 5) is 2.40. The van der Waals surface area contributed by atoms with Gasteiger partial charge in [0.15, 0.2) is 0 Å². The van der Waals surface area contributed by atoms with Crippen LogP contribution in [0.5, 0.6) is 5.75 Å². The zero-order chi connectivity index (χ0) is 13.1. The van der Waals surface area contributed by atoms with Crippen LogP contribution in [0.3, 0.4) is 0 Å². The van der Waals surface area contributed by atoms with Crippen molar-refractivity contribution >= 4 is 0 Å². The van der Waals surface area contributed by atoms with Crippen molar-refractivity contribution in [1.29, 1.82) is 0 Å². The van der Waals surface area contributed by atoms with E-state index >= 15 is 0 Å². The highest BCUT2D eigenvalue weighted by molar-refractivity contribution is 5.33. The molecule has 0 amide bonds. The minimum absolute atomic E-state index is 0.202. The van der Waals surface area contributed by atoms with Crippen molar-refractivity contribution in [1.82, 2.24) is 4.90 Å². The Bertz CT molecular complexity index is 418. The summed E-state index contributed by atoms with van der Waals surface area (Å²) in [5.41, 5.74) is 7.58. The third-order valence-corrected chi connectivity index (χ3v) is 4.07. The normalized spacial score (nSPS) is 25.4. The fourth-order valence-electron chi connectivity index (χ4n) is 2.87. The van der Waals surface area contributed by atoms with Gasteiger partial charge in [0.2, 0.25) is 0 Å². The summed E-state index contributed by atoms with van der Waals surface area (Å²) in [7, 11) is 0. The fourth-order valence-corrected chi connectivity index (χ4v) is 2.87. The molecule has 2 atom stereocenters. The average molecular weight is 262 g/mol. The lowest BCUT2D eigenvalue weighted by Gasteiger charge is -2.26. The molecule has 1 aromatic carbocycles. The van der Waals surface area contributed by atoms with Gasteiger partial charge in [-0.2, -0.15) is 0 Å². The second-order valence-electron chi connectivity index (χ2n) is 5.48. The zero-order valence-corrected chi connectivity index (χ0v) is 11.3. The van der Waals surface area contributed by atoms with E-state index in [1.54, 1.807) is 0 Å². The van der Waals surface area contributed by atoms with Gasteiger partial charge in [0.05, 0.1) is 6.61 Å². The van der Waals surface area contributed by atoms with Crippen LogP contribution < -0.4 is 10.5 Å². The Morgan fingerprint density at radius 3 is 3.05 bits per heavy atom. The third-order valence-electron chi connectivity index (χ3n) is 4.07. The monoisotopic (exact) mass is 262 g/mol. The summed E-state index contributed by atoms with van der Waals surface area (Å²) in [5.74, 6) is 1.53. The molecule has 1 fully saturated rings. The highest BCUT2D eigenvalue weighted by Crippen LogP contribution is 2.23. The van der Waals surface area contributed by atoms with Gasteiger partial charge in [-0.25, -0.2) is 0 Å². The van der Waals surface area contributed by atoms with E-state index in [0.29, 0.717) is 5.92 Å². The Labute approximate surface area is 114 Å². The third kappa shape index (κ3) is 3.08. The van der Waals surface area contributed by atoms with Gasteiger partial charge in [0, 0.05) is 43.8 Å². The summed E-state index contributed by atoms with van der Waals surface area (Å²) < 4.78 is 11.2. The maximum Gasteiger partial charge on any atom is 0.123 e. The largest absolute Gasteiger partial charge is 0.492 e. The number of benzene rings is 1. The zero-order valence-electron chi connectivity index (χ0n) is 11.3. The standard InChI is InChI=1S/C15H22N2O2/c16-14(13-5-7-18-11-13)10-17-6-8-19-15-4-2-1-3-12(15)9-17/h1-4,13-14H,5-11,16H2. The molecule has 0 aliphatic carbocycles. The first kappa shape index (κ1) is 12.9. The minimum Gasteiger partial charge on any atom is -0.492 e. The molecule has 104 valence electrons. The highest BCUT2D eigenvalue weighted by atomic mass is 16.5. The number of para-hydroxylation sites is 1. The van der Waals surface area contributed by atoms with Crippen molar-refractivity contribution in [3.05, 3.63) is 29.8 Å². The van der Waals surface area contributed by atoms with Crippen LogP contribution in [0.25, 0.3) is 0 Å². The highest BCUT2D eigenvalue weighted by Gasteiger charge is 2.25. The first-order valence-electron chi connectivity index (χ1n) is 7.09. The van der Waals surface area contributed by atoms with Crippen LogP contribution in [0, 0.1) is 5.92 Å². The van der Waals surface area contributed by atoms with Crippen molar-refractivity contribution in [2.24, 2.45) is 11.7 Å². The molecule has 2 heterocycles. The fraction of sp³-hybridized carbons (Fsp3) is 0.600. The Morgan fingerprint density at radius 2 is 2.21 bits per heavy atom. The Balaban J connectivity index is 1.62. The van der Waals surface area contributed by atoms with E-state index in [-0.39, 0.29) is 6.04 Å². The van der Waals surface area contributed by atoms with Crippen LogP contribution in [0.4, 0.5) is 0 Å². The van der Waals surface area contributed by atoms with Gasteiger partial charge >= 0.3 is 0 Å². The van der Waals surface area contributed by atoms with Crippen LogP contribution in [-0.2, 0) is 11.3 Å². The van der Waals surface area contributed by atoms with Crippen molar-refractivity contribution in [2.45, 2.75) is 19.0 Å². The summed E-state index contributed by atoms with van der Waals surface area (Å²) in [6, 6.07) is 8.47. The summed E-state index contributed by atoms with van der Waals surface area (Å²) >= 11 is 0. The molecule has 2 N–H and O–H groups in total. The van der Waals surface area contributed by atoms with Gasteiger partial charge in [-0.3, -0.25) is 4.90 Å². The van der Waals surface area contributed by atoms with Crippen molar-refractivity contribution in [2.75, 3.05) is 32.9 Å². The smallest absolute Gasteiger partial charge is 0.123 e. The molecule has 0 radical (unpaired) electrons. The van der Waals surface area contributed by atoms with Crippen LogP contribution >= 0.6 is 0 Å². The van der Waals surface area contributed by atoms with Gasteiger partial charge in [0.1, 0.15) is 12.4 Å². The maximum atomic E-state index is 6.32. The molecular weight excluding hydrogens is 240 g/mol. The second-order valence-corrected chi connectivity index (χ2v) is 5.48. The van der Waals surface area contributed by atoms with Crippen LogP contribution in [-0.4, -0.2) is 43.9 Å². The van der Waals surface area contributed by atoms with Gasteiger partial charge < -0.3 is 15.2 Å². The molecular formula is C15H22N2O2. The van der Waals surface area contributed by atoms with Gasteiger partial charge in [0.25, 0.3) is 0 Å². The average Bonchev–Trinajstić information content (AvgIpc) is 2.87. The van der Waals surface area contributed by atoms with Crippen molar-refractivity contribution < 1.29 is 9.47 Å². The molecule has 2 unspecified atom stereocenters. The van der Waals surface area contributed by atoms with E-state index in [4.69, 9.17) is 15.2 Å². The number of hydrogen-bond donors (Lipinski definition) is 1. The molecule has 2 aliphatic rings. The Kier molecular flexibility index (Phi) is 4.01. The van der Waals surface area contributed by atoms with Crippen LogP contribution in [0.15, 0.2) is 24.3 Å². The molecule has 1 aromatic rings. The predicted octanol–water partition coefficient (Wildman–Crippen LogP) is 1.24. The van der Waals surface area contributed by atoms with Gasteiger partial charge in [-0.1, -0.05) is 18.2 Å². The second kappa shape index (κ2) is 5.90. The molecule has 19 heavy (non-hydrogen) atoms. The molecule has 0 bridgehead atoms. The van der Waals surface area contributed by atoms with Gasteiger partial charge in [-0.05, 0) is 12.5 Å². The minimum atomic E-state index is 0.202. The van der Waals surface area contributed by atoms with E-state index in [0.717, 1.165) is 51.6 Å². The Morgan fingerprint density at radius 1 is 1.32 bits per heavy atom. The molecule has 0 spiro atoms. The predicted molar refractivity (Wildman–Crippen MR) is 74.1 cm³/mol. The van der Waals surface area contributed by atoms with E-state index in [2.05, 4.69) is 17.0 Å². The first-order chi connectivity index (χ1) is 9.33. The molecule has 3 rings (SSSR count). The topological polar surface area (TPSA) is 47.7 Å². The van der Waals surface area contributed by atoms with E-state index in [1.165, 1.54) is 5.56 Å². The maximum absolute atomic E-state index is 6.32. The van der Waals surface area contributed by atoms with Crippen LogP contribution in [0.2, 0.25) is 0 Å². The van der Waals surface area contributed by atoms with E-state index in [1.807, 2.05) is 12.1 Å². The van der Waals surface area contributed by atoms with Crippen molar-refractivity contribution in [3.8, 4) is 5.75 Å². The Hall–Kier alpha value is -1.10.